The number of aromatic nitrogens is 3. The van der Waals surface area contributed by atoms with Gasteiger partial charge in [-0.05, 0) is 12.1 Å². The van der Waals surface area contributed by atoms with Crippen LogP contribution in [0.15, 0.2) is 42.3 Å². The van der Waals surface area contributed by atoms with Crippen molar-refractivity contribution in [2.45, 2.75) is 0 Å². The van der Waals surface area contributed by atoms with Crippen LogP contribution >= 0.6 is 7.82 Å². The monoisotopic (exact) mass is 409 g/mol. The van der Waals surface area contributed by atoms with Crippen LogP contribution in [0.25, 0.3) is 11.0 Å². The first-order chi connectivity index (χ1) is 9.79. The van der Waals surface area contributed by atoms with Gasteiger partial charge in [0, 0.05) is 6.54 Å². The van der Waals surface area contributed by atoms with Crippen molar-refractivity contribution in [2.75, 3.05) is 6.54 Å². The molecule has 0 saturated carbocycles. The summed E-state index contributed by atoms with van der Waals surface area (Å²) in [5, 5.41) is 19.3. The van der Waals surface area contributed by atoms with E-state index < -0.39 is 7.82 Å². The van der Waals surface area contributed by atoms with Gasteiger partial charge in [0.15, 0.2) is 0 Å². The zero-order chi connectivity index (χ0) is 16.7. The van der Waals surface area contributed by atoms with E-state index in [4.69, 9.17) is 35.1 Å². The van der Waals surface area contributed by atoms with Crippen LogP contribution in [-0.2, 0) is 4.57 Å². The van der Waals surface area contributed by atoms with Crippen LogP contribution in [0.5, 0.6) is 0 Å². The van der Waals surface area contributed by atoms with Crippen molar-refractivity contribution in [1.82, 2.24) is 15.4 Å². The minimum absolute atomic E-state index is 0. The van der Waals surface area contributed by atoms with Gasteiger partial charge in [-0.15, -0.1) is 11.9 Å². The fourth-order valence-corrected chi connectivity index (χ4v) is 0.786. The van der Waals surface area contributed by atoms with E-state index in [2.05, 4.69) is 22.0 Å². The van der Waals surface area contributed by atoms with Crippen molar-refractivity contribution < 1.29 is 137 Å². The smallest absolute Gasteiger partial charge is 0.822 e. The Balaban J connectivity index is -0.0000000503. The summed E-state index contributed by atoms with van der Waals surface area (Å²) in [6.45, 7) is 3.94. The maximum Gasteiger partial charge on any atom is 1.00 e. The van der Waals surface area contributed by atoms with Gasteiger partial charge in [0.1, 0.15) is 11.0 Å². The molecule has 0 saturated heterocycles. The van der Waals surface area contributed by atoms with Crippen LogP contribution in [0.3, 0.4) is 0 Å². The van der Waals surface area contributed by atoms with Crippen molar-refractivity contribution in [3.63, 3.8) is 0 Å². The fourth-order valence-electron chi connectivity index (χ4n) is 0.786. The number of nitrogens with two attached hydrogens (primary N) is 1. The molecular formula is C9H12N5Na4O6P. The van der Waals surface area contributed by atoms with Crippen molar-refractivity contribution in [1.29, 1.82) is 0 Å². The normalized spacial score (nSPS) is 7.52. The number of fused-ring (bicyclic) bond motifs is 1. The molecule has 16 heteroatoms. The number of hydrogen-bond acceptors (Lipinski definition) is 10. The molecule has 1 aromatic carbocycles. The summed E-state index contributed by atoms with van der Waals surface area (Å²) in [6, 6.07) is 7.70. The Labute approximate surface area is 232 Å². The molecule has 0 bridgehead atoms. The maximum absolute atomic E-state index is 8.55. The van der Waals surface area contributed by atoms with Crippen molar-refractivity contribution in [3.05, 3.63) is 47.0 Å². The van der Waals surface area contributed by atoms with Crippen LogP contribution in [0, 0.1) is 10.1 Å². The molecule has 2 aromatic rings. The Morgan fingerprint density at radius 3 is 1.56 bits per heavy atom. The van der Waals surface area contributed by atoms with Crippen LogP contribution in [0.4, 0.5) is 0 Å². The van der Waals surface area contributed by atoms with E-state index in [0.29, 0.717) is 6.54 Å². The SMILES string of the molecule is C=CCN.O=N[O-].O=P([O-])([O-])[O-].[Na+].[Na+].[Na+].[Na+].c1ccc2n[nH]nc2c1. The van der Waals surface area contributed by atoms with Crippen LogP contribution in [0.1, 0.15) is 0 Å². The van der Waals surface area contributed by atoms with E-state index in [-0.39, 0.29) is 118 Å². The fraction of sp³-hybridized carbons (Fsp3) is 0.111. The number of nitrogens with one attached hydrogen (secondary N) is 1. The molecule has 11 nitrogen and oxygen atoms in total. The van der Waals surface area contributed by atoms with Gasteiger partial charge in [0.25, 0.3) is 0 Å². The Hall–Kier alpha value is 1.83. The molecule has 2 rings (SSSR count). The molecule has 0 spiro atoms. The van der Waals surface area contributed by atoms with Crippen LogP contribution in [-0.4, -0.2) is 22.0 Å². The number of H-pyrrole nitrogens is 1. The van der Waals surface area contributed by atoms with Crippen LogP contribution in [0.2, 0.25) is 0 Å². The molecule has 0 atom stereocenters. The summed E-state index contributed by atoms with van der Waals surface area (Å²) in [7, 11) is -5.39. The summed E-state index contributed by atoms with van der Waals surface area (Å²) < 4.78 is 8.55. The summed E-state index contributed by atoms with van der Waals surface area (Å²) in [5.74, 6) is 0. The minimum Gasteiger partial charge on any atom is -0.822 e. The molecule has 0 fully saturated rings. The first-order valence-electron chi connectivity index (χ1n) is 5.04. The van der Waals surface area contributed by atoms with Gasteiger partial charge in [0.2, 0.25) is 0 Å². The summed E-state index contributed by atoms with van der Waals surface area (Å²) in [5.41, 5.74) is 6.74. The predicted octanol–water partition coefficient (Wildman–Crippen LogP) is -13.5. The second-order valence-electron chi connectivity index (χ2n) is 2.86. The van der Waals surface area contributed by atoms with E-state index in [0.717, 1.165) is 16.4 Å². The van der Waals surface area contributed by atoms with Gasteiger partial charge in [-0.25, -0.2) is 0 Å². The number of benzene rings is 1. The zero-order valence-electron chi connectivity index (χ0n) is 14.6. The number of nitrogens with zero attached hydrogens (tertiary/aromatic N) is 3. The standard InChI is InChI=1S/C6H5N3.C3H7N.HNO2.4Na.H3O4P/c1-2-4-6-5(3-1)7-9-8-6;1-2-3-4;2-1-3;;;;;1-5(2,3)4/h1-4H,(H,7,8,9);2H,1,3-4H2;(H,2,3);;;;;(H3,1,2,3,4)/q;;;4*+1;/p-4. The molecule has 118 valence electrons. The van der Waals surface area contributed by atoms with Crippen molar-refractivity contribution >= 4 is 18.9 Å². The Kier molecular flexibility index (Phi) is 46.3. The third-order valence-electron chi connectivity index (χ3n) is 1.39. The van der Waals surface area contributed by atoms with Gasteiger partial charge >= 0.3 is 118 Å². The average Bonchev–Trinajstić information content (AvgIpc) is 2.86. The third kappa shape index (κ3) is 37.3. The van der Waals surface area contributed by atoms with Gasteiger partial charge in [-0.2, -0.15) is 23.2 Å². The van der Waals surface area contributed by atoms with Gasteiger partial charge < -0.3 is 35.1 Å². The van der Waals surface area contributed by atoms with Gasteiger partial charge in [-0.3, -0.25) is 0 Å². The topological polar surface area (TPSA) is 206 Å². The molecule has 3 N–H and O–H groups in total. The number of aromatic amines is 1. The molecule has 0 amide bonds. The molecular weight excluding hydrogens is 397 g/mol. The third-order valence-corrected chi connectivity index (χ3v) is 1.39. The number of rotatable bonds is 1. The molecule has 0 aliphatic carbocycles. The summed E-state index contributed by atoms with van der Waals surface area (Å²) in [6.07, 6.45) is 1.65. The number of para-hydroxylation sites is 2. The van der Waals surface area contributed by atoms with Gasteiger partial charge in [-0.1, -0.05) is 18.2 Å². The molecule has 1 heterocycles. The molecule has 0 radical (unpaired) electrons. The van der Waals surface area contributed by atoms with E-state index in [1.54, 1.807) is 6.08 Å². The molecule has 0 aliphatic heterocycles. The average molecular weight is 409 g/mol. The maximum atomic E-state index is 8.55. The van der Waals surface area contributed by atoms with Crippen LogP contribution < -0.4 is 139 Å². The molecule has 0 unspecified atom stereocenters. The summed E-state index contributed by atoms with van der Waals surface area (Å²) in [4.78, 5) is 33.6. The van der Waals surface area contributed by atoms with E-state index >= 15 is 0 Å². The quantitative estimate of drug-likeness (QED) is 0.150. The predicted molar refractivity (Wildman–Crippen MR) is 69.9 cm³/mol. The second-order valence-corrected chi connectivity index (χ2v) is 3.75. The molecule has 1 aromatic heterocycles. The van der Waals surface area contributed by atoms with Gasteiger partial charge in [0.05, 0.1) is 0 Å². The number of phosphoric acid groups is 1. The van der Waals surface area contributed by atoms with Crippen molar-refractivity contribution in [3.8, 4) is 0 Å². The van der Waals surface area contributed by atoms with E-state index in [9.17, 15) is 0 Å². The summed E-state index contributed by atoms with van der Waals surface area (Å²) >= 11 is 0. The molecule has 25 heavy (non-hydrogen) atoms. The second kappa shape index (κ2) is 28.0. The largest absolute Gasteiger partial charge is 1.00 e. The Bertz CT molecular complexity index is 534. The molecule has 0 aliphatic rings. The van der Waals surface area contributed by atoms with E-state index in [1.165, 1.54) is 0 Å². The Morgan fingerprint density at radius 2 is 1.36 bits per heavy atom. The number of hydrogen-bond donors (Lipinski definition) is 2. The Morgan fingerprint density at radius 1 is 1.12 bits per heavy atom. The zero-order valence-corrected chi connectivity index (χ0v) is 23.5. The first kappa shape index (κ1) is 41.3. The van der Waals surface area contributed by atoms with Crippen molar-refractivity contribution in [2.24, 2.45) is 11.1 Å². The minimum atomic E-state index is -5.39. The first-order valence-corrected chi connectivity index (χ1v) is 6.50. The van der Waals surface area contributed by atoms with E-state index in [1.807, 2.05) is 24.3 Å².